The first kappa shape index (κ1) is 22.7. The molecule has 0 amide bonds. The molecule has 4 aromatic rings. The topological polar surface area (TPSA) is 72.7 Å². The molecule has 0 saturated carbocycles. The summed E-state index contributed by atoms with van der Waals surface area (Å²) >= 11 is 0. The second-order valence-electron chi connectivity index (χ2n) is 7.74. The minimum absolute atomic E-state index is 0.0193. The average molecular weight is 455 g/mol. The van der Waals surface area contributed by atoms with E-state index in [4.69, 9.17) is 9.47 Å². The summed E-state index contributed by atoms with van der Waals surface area (Å²) in [5.74, 6) is 0.738. The quantitative estimate of drug-likeness (QED) is 0.198. The van der Waals surface area contributed by atoms with Gasteiger partial charge in [0.05, 0.1) is 14.2 Å². The minimum atomic E-state index is -0.0537. The number of nitrogens with zero attached hydrogens (tertiary/aromatic N) is 1. The Morgan fingerprint density at radius 2 is 1.71 bits per heavy atom. The highest BCUT2D eigenvalue weighted by Crippen LogP contribution is 2.37. The van der Waals surface area contributed by atoms with Crippen molar-refractivity contribution < 1.29 is 19.4 Å². The standard InChI is InChI=1S/C28H26N2O4/c1-30-18-23(22-6-4-5-7-24(22)30)25(31)14-15-29-21-12-10-19(11-13-21)8-9-20-16-26(32)28(34-3)27(17-20)33-2/h4-18,29,32H,1-3H3/b9-8-,15-14-. The lowest BCUT2D eigenvalue weighted by Crippen LogP contribution is -1.95. The van der Waals surface area contributed by atoms with Gasteiger partial charge in [-0.25, -0.2) is 0 Å². The summed E-state index contributed by atoms with van der Waals surface area (Å²) in [5.41, 5.74) is 4.34. The van der Waals surface area contributed by atoms with Crippen molar-refractivity contribution in [3.8, 4) is 17.2 Å². The number of hydrogen-bond donors (Lipinski definition) is 2. The monoisotopic (exact) mass is 454 g/mol. The third-order valence-corrected chi connectivity index (χ3v) is 5.51. The molecule has 0 bridgehead atoms. The van der Waals surface area contributed by atoms with E-state index in [1.54, 1.807) is 24.4 Å². The number of rotatable bonds is 8. The molecule has 0 saturated heterocycles. The van der Waals surface area contributed by atoms with Crippen LogP contribution in [-0.2, 0) is 7.05 Å². The molecule has 0 fully saturated rings. The predicted molar refractivity (Wildman–Crippen MR) is 137 cm³/mol. The number of nitrogens with one attached hydrogen (secondary N) is 1. The summed E-state index contributed by atoms with van der Waals surface area (Å²) in [6, 6.07) is 19.0. The number of carbonyl (C=O) groups excluding carboxylic acids is 1. The number of allylic oxidation sites excluding steroid dienone is 1. The molecule has 0 radical (unpaired) electrons. The number of phenols is 1. The number of benzene rings is 3. The number of carbonyl (C=O) groups is 1. The van der Waals surface area contributed by atoms with Gasteiger partial charge in [-0.05, 0) is 41.5 Å². The Bertz CT molecular complexity index is 1380. The van der Waals surface area contributed by atoms with Crippen LogP contribution in [-0.4, -0.2) is 29.7 Å². The molecule has 0 aliphatic heterocycles. The lowest BCUT2D eigenvalue weighted by Gasteiger charge is -2.10. The van der Waals surface area contributed by atoms with Crippen molar-refractivity contribution in [2.75, 3.05) is 19.5 Å². The van der Waals surface area contributed by atoms with Crippen LogP contribution in [0.5, 0.6) is 17.2 Å². The van der Waals surface area contributed by atoms with Crippen LogP contribution in [0.15, 0.2) is 79.1 Å². The first-order chi connectivity index (χ1) is 16.5. The van der Waals surface area contributed by atoms with E-state index in [2.05, 4.69) is 5.32 Å². The lowest BCUT2D eigenvalue weighted by atomic mass is 10.1. The molecule has 0 aliphatic rings. The molecular weight excluding hydrogens is 428 g/mol. The molecule has 1 aromatic heterocycles. The Hall–Kier alpha value is -4.45. The molecule has 6 heteroatoms. The van der Waals surface area contributed by atoms with E-state index in [0.29, 0.717) is 17.1 Å². The molecule has 2 N–H and O–H groups in total. The van der Waals surface area contributed by atoms with Crippen molar-refractivity contribution >= 4 is 34.5 Å². The van der Waals surface area contributed by atoms with Crippen LogP contribution in [0.2, 0.25) is 0 Å². The fourth-order valence-corrected chi connectivity index (χ4v) is 3.79. The highest BCUT2D eigenvalue weighted by Gasteiger charge is 2.11. The van der Waals surface area contributed by atoms with E-state index in [1.165, 1.54) is 14.2 Å². The lowest BCUT2D eigenvalue weighted by molar-refractivity contribution is 0.104. The number of aromatic hydroxyl groups is 1. The van der Waals surface area contributed by atoms with Crippen molar-refractivity contribution in [1.82, 2.24) is 4.57 Å². The van der Waals surface area contributed by atoms with Crippen LogP contribution >= 0.6 is 0 Å². The second kappa shape index (κ2) is 10.0. The van der Waals surface area contributed by atoms with Gasteiger partial charge in [0.25, 0.3) is 0 Å². The molecule has 1 heterocycles. The van der Waals surface area contributed by atoms with Gasteiger partial charge < -0.3 is 24.5 Å². The Kier molecular flexibility index (Phi) is 6.69. The van der Waals surface area contributed by atoms with Gasteiger partial charge in [-0.2, -0.15) is 0 Å². The van der Waals surface area contributed by atoms with Gasteiger partial charge in [0.1, 0.15) is 0 Å². The fourth-order valence-electron chi connectivity index (χ4n) is 3.79. The third-order valence-electron chi connectivity index (χ3n) is 5.51. The number of methoxy groups -OCH3 is 2. The molecule has 4 rings (SSSR count). The number of fused-ring (bicyclic) bond motifs is 1. The number of para-hydroxylation sites is 1. The molecule has 34 heavy (non-hydrogen) atoms. The molecular formula is C28H26N2O4. The van der Waals surface area contributed by atoms with Gasteiger partial charge in [0, 0.05) is 47.7 Å². The van der Waals surface area contributed by atoms with Gasteiger partial charge in [0.2, 0.25) is 5.75 Å². The van der Waals surface area contributed by atoms with E-state index in [-0.39, 0.29) is 11.5 Å². The fraction of sp³-hybridized carbons (Fsp3) is 0.107. The predicted octanol–water partition coefficient (Wildman–Crippen LogP) is 5.88. The zero-order valence-corrected chi connectivity index (χ0v) is 19.3. The molecule has 0 atom stereocenters. The molecule has 0 unspecified atom stereocenters. The second-order valence-corrected chi connectivity index (χ2v) is 7.74. The highest BCUT2D eigenvalue weighted by molar-refractivity contribution is 6.13. The van der Waals surface area contributed by atoms with Crippen LogP contribution in [0.4, 0.5) is 5.69 Å². The Morgan fingerprint density at radius 1 is 0.971 bits per heavy atom. The largest absolute Gasteiger partial charge is 0.504 e. The summed E-state index contributed by atoms with van der Waals surface area (Å²) in [4.78, 5) is 12.7. The van der Waals surface area contributed by atoms with Gasteiger partial charge in [-0.3, -0.25) is 4.79 Å². The first-order valence-corrected chi connectivity index (χ1v) is 10.7. The number of anilines is 1. The molecule has 6 nitrogen and oxygen atoms in total. The number of ketones is 1. The maximum absolute atomic E-state index is 12.7. The van der Waals surface area contributed by atoms with E-state index < -0.39 is 0 Å². The van der Waals surface area contributed by atoms with Crippen LogP contribution in [0.25, 0.3) is 23.1 Å². The third kappa shape index (κ3) is 4.81. The summed E-state index contributed by atoms with van der Waals surface area (Å²) in [6.07, 6.45) is 8.87. The normalized spacial score (nSPS) is 11.4. The molecule has 3 aromatic carbocycles. The number of aryl methyl sites for hydroxylation is 1. The summed E-state index contributed by atoms with van der Waals surface area (Å²) in [5, 5.41) is 14.2. The van der Waals surface area contributed by atoms with Crippen LogP contribution < -0.4 is 14.8 Å². The zero-order valence-electron chi connectivity index (χ0n) is 19.3. The van der Waals surface area contributed by atoms with Crippen molar-refractivity contribution in [1.29, 1.82) is 0 Å². The van der Waals surface area contributed by atoms with Crippen molar-refractivity contribution in [2.24, 2.45) is 7.05 Å². The SMILES string of the molecule is COc1cc(/C=C\c2ccc(N/C=C\C(=O)c3cn(C)c4ccccc34)cc2)cc(O)c1OC. The average Bonchev–Trinajstić information content (AvgIpc) is 3.19. The zero-order chi connectivity index (χ0) is 24.1. The number of hydrogen-bond acceptors (Lipinski definition) is 5. The number of phenolic OH excluding ortho intramolecular Hbond substituents is 1. The Labute approximate surface area is 198 Å². The Morgan fingerprint density at radius 3 is 2.44 bits per heavy atom. The summed E-state index contributed by atoms with van der Waals surface area (Å²) < 4.78 is 12.4. The molecule has 172 valence electrons. The maximum atomic E-state index is 12.7. The van der Waals surface area contributed by atoms with Gasteiger partial charge >= 0.3 is 0 Å². The summed E-state index contributed by atoms with van der Waals surface area (Å²) in [7, 11) is 4.95. The number of ether oxygens (including phenoxy) is 2. The summed E-state index contributed by atoms with van der Waals surface area (Å²) in [6.45, 7) is 0. The van der Waals surface area contributed by atoms with Crippen LogP contribution in [0.3, 0.4) is 0 Å². The van der Waals surface area contributed by atoms with Gasteiger partial charge in [-0.15, -0.1) is 0 Å². The minimum Gasteiger partial charge on any atom is -0.504 e. The van der Waals surface area contributed by atoms with E-state index in [0.717, 1.165) is 27.7 Å². The van der Waals surface area contributed by atoms with Crippen molar-refractivity contribution in [2.45, 2.75) is 0 Å². The van der Waals surface area contributed by atoms with E-state index >= 15 is 0 Å². The van der Waals surface area contributed by atoms with Crippen molar-refractivity contribution in [3.63, 3.8) is 0 Å². The highest BCUT2D eigenvalue weighted by atomic mass is 16.5. The van der Waals surface area contributed by atoms with Gasteiger partial charge in [0.15, 0.2) is 17.3 Å². The van der Waals surface area contributed by atoms with Crippen LogP contribution in [0, 0.1) is 0 Å². The number of aromatic nitrogens is 1. The van der Waals surface area contributed by atoms with E-state index in [9.17, 15) is 9.90 Å². The van der Waals surface area contributed by atoms with E-state index in [1.807, 2.05) is 78.5 Å². The van der Waals surface area contributed by atoms with Crippen molar-refractivity contribution in [3.05, 3.63) is 95.8 Å². The molecule has 0 spiro atoms. The van der Waals surface area contributed by atoms with Gasteiger partial charge in [-0.1, -0.05) is 42.5 Å². The maximum Gasteiger partial charge on any atom is 0.203 e. The van der Waals surface area contributed by atoms with Crippen LogP contribution in [0.1, 0.15) is 21.5 Å². The smallest absolute Gasteiger partial charge is 0.203 e. The first-order valence-electron chi connectivity index (χ1n) is 10.7. The Balaban J connectivity index is 1.41. The molecule has 0 aliphatic carbocycles.